The molecular weight excluding hydrogens is 330 g/mol. The van der Waals surface area contributed by atoms with Crippen molar-refractivity contribution in [3.63, 3.8) is 0 Å². The number of carbonyl (C=O) groups is 1. The fourth-order valence-corrected chi connectivity index (χ4v) is 2.93. The number of hydrogen-bond acceptors (Lipinski definition) is 4. The summed E-state index contributed by atoms with van der Waals surface area (Å²) >= 11 is 0. The largest absolute Gasteiger partial charge is 0.459 e. The van der Waals surface area contributed by atoms with Crippen molar-refractivity contribution < 1.29 is 9.21 Å². The van der Waals surface area contributed by atoms with Gasteiger partial charge in [-0.2, -0.15) is 0 Å². The lowest BCUT2D eigenvalue weighted by Gasteiger charge is -2.36. The molecule has 2 aromatic rings. The molecule has 0 atom stereocenters. The molecule has 0 bridgehead atoms. The Morgan fingerprint density at radius 3 is 2.65 bits per heavy atom. The van der Waals surface area contributed by atoms with Gasteiger partial charge in [0.15, 0.2) is 11.7 Å². The van der Waals surface area contributed by atoms with Crippen molar-refractivity contribution in [3.05, 3.63) is 54.2 Å². The molecular formula is C19H25N5O2. The normalized spacial score (nSPS) is 15.2. The van der Waals surface area contributed by atoms with Crippen LogP contribution in [-0.4, -0.2) is 65.9 Å². The van der Waals surface area contributed by atoms with E-state index < -0.39 is 0 Å². The predicted molar refractivity (Wildman–Crippen MR) is 100 cm³/mol. The van der Waals surface area contributed by atoms with Gasteiger partial charge in [-0.15, -0.1) is 0 Å². The topological polar surface area (TPSA) is 74.0 Å². The van der Waals surface area contributed by atoms with Gasteiger partial charge in [-0.25, -0.2) is 0 Å². The molecule has 7 heteroatoms. The predicted octanol–water partition coefficient (Wildman–Crippen LogP) is 1.64. The average molecular weight is 355 g/mol. The number of aromatic nitrogens is 1. The van der Waals surface area contributed by atoms with E-state index in [4.69, 9.17) is 9.41 Å². The molecule has 1 saturated heterocycles. The molecule has 1 aliphatic heterocycles. The zero-order chi connectivity index (χ0) is 18.2. The van der Waals surface area contributed by atoms with Gasteiger partial charge in [-0.3, -0.25) is 14.8 Å². The number of aliphatic imine (C=N–C) groups is 1. The van der Waals surface area contributed by atoms with E-state index in [1.54, 1.807) is 18.3 Å². The number of nitrogens with zero attached hydrogens (tertiary/aromatic N) is 4. The molecule has 0 spiro atoms. The SMILES string of the molecule is CCNC(=NCCc1ccccn1)N1CCN(C(=O)c2ccco2)CC1. The Hall–Kier alpha value is -2.83. The molecule has 138 valence electrons. The zero-order valence-electron chi connectivity index (χ0n) is 15.1. The van der Waals surface area contributed by atoms with Crippen LogP contribution in [0.25, 0.3) is 0 Å². The summed E-state index contributed by atoms with van der Waals surface area (Å²) in [5.41, 5.74) is 1.04. The summed E-state index contributed by atoms with van der Waals surface area (Å²) in [6, 6.07) is 9.37. The highest BCUT2D eigenvalue weighted by atomic mass is 16.3. The number of hydrogen-bond donors (Lipinski definition) is 1. The van der Waals surface area contributed by atoms with Gasteiger partial charge in [-0.05, 0) is 31.2 Å². The number of rotatable bonds is 5. The quantitative estimate of drug-likeness (QED) is 0.652. The first-order valence-corrected chi connectivity index (χ1v) is 9.04. The Bertz CT molecular complexity index is 707. The molecule has 0 radical (unpaired) electrons. The summed E-state index contributed by atoms with van der Waals surface area (Å²) in [6.45, 7) is 6.38. The zero-order valence-corrected chi connectivity index (χ0v) is 15.1. The fourth-order valence-electron chi connectivity index (χ4n) is 2.93. The Kier molecular flexibility index (Phi) is 6.24. The van der Waals surface area contributed by atoms with E-state index in [0.29, 0.717) is 25.4 Å². The summed E-state index contributed by atoms with van der Waals surface area (Å²) in [7, 11) is 0. The second-order valence-electron chi connectivity index (χ2n) is 6.06. The van der Waals surface area contributed by atoms with Crippen molar-refractivity contribution in [2.75, 3.05) is 39.3 Å². The third kappa shape index (κ3) is 4.62. The van der Waals surface area contributed by atoms with Crippen molar-refractivity contribution in [2.24, 2.45) is 4.99 Å². The summed E-state index contributed by atoms with van der Waals surface area (Å²) in [5, 5.41) is 3.34. The minimum absolute atomic E-state index is 0.0493. The maximum absolute atomic E-state index is 12.4. The van der Waals surface area contributed by atoms with Crippen LogP contribution in [0.4, 0.5) is 0 Å². The van der Waals surface area contributed by atoms with Gasteiger partial charge in [-0.1, -0.05) is 6.07 Å². The molecule has 0 aliphatic carbocycles. The monoisotopic (exact) mass is 355 g/mol. The Morgan fingerprint density at radius 2 is 2.00 bits per heavy atom. The maximum atomic E-state index is 12.4. The van der Waals surface area contributed by atoms with Crippen molar-refractivity contribution >= 4 is 11.9 Å². The number of guanidine groups is 1. The van der Waals surface area contributed by atoms with Crippen LogP contribution < -0.4 is 5.32 Å². The molecule has 3 heterocycles. The van der Waals surface area contributed by atoms with Crippen LogP contribution in [0.3, 0.4) is 0 Å². The molecule has 0 aromatic carbocycles. The van der Waals surface area contributed by atoms with Crippen molar-refractivity contribution in [1.29, 1.82) is 0 Å². The minimum atomic E-state index is -0.0493. The molecule has 1 aliphatic rings. The number of nitrogens with one attached hydrogen (secondary N) is 1. The highest BCUT2D eigenvalue weighted by Crippen LogP contribution is 2.09. The van der Waals surface area contributed by atoms with Crippen LogP contribution in [0.2, 0.25) is 0 Å². The smallest absolute Gasteiger partial charge is 0.289 e. The van der Waals surface area contributed by atoms with Crippen molar-refractivity contribution in [2.45, 2.75) is 13.3 Å². The molecule has 0 saturated carbocycles. The van der Waals surface area contributed by atoms with E-state index in [0.717, 1.165) is 37.7 Å². The number of amides is 1. The van der Waals surface area contributed by atoms with Gasteiger partial charge in [0.05, 0.1) is 6.26 Å². The second kappa shape index (κ2) is 9.03. The lowest BCUT2D eigenvalue weighted by molar-refractivity contribution is 0.0657. The van der Waals surface area contributed by atoms with E-state index in [9.17, 15) is 4.79 Å². The molecule has 1 amide bonds. The van der Waals surface area contributed by atoms with Gasteiger partial charge in [0.2, 0.25) is 0 Å². The summed E-state index contributed by atoms with van der Waals surface area (Å²) < 4.78 is 5.21. The molecule has 2 aromatic heterocycles. The standard InChI is InChI=1S/C19H25N5O2/c1-2-20-19(22-10-8-16-6-3-4-9-21-16)24-13-11-23(12-14-24)18(25)17-7-5-15-26-17/h3-7,9,15H,2,8,10-14H2,1H3,(H,20,22). The Balaban J connectivity index is 1.54. The second-order valence-corrected chi connectivity index (χ2v) is 6.06. The summed E-state index contributed by atoms with van der Waals surface area (Å²) in [4.78, 5) is 25.4. The number of carbonyl (C=O) groups excluding carboxylic acids is 1. The van der Waals surface area contributed by atoms with Crippen LogP contribution in [0.1, 0.15) is 23.2 Å². The first kappa shape index (κ1) is 18.0. The lowest BCUT2D eigenvalue weighted by Crippen LogP contribution is -2.53. The highest BCUT2D eigenvalue weighted by molar-refractivity contribution is 5.91. The van der Waals surface area contributed by atoms with Crippen LogP contribution in [0.15, 0.2) is 52.2 Å². The van der Waals surface area contributed by atoms with Crippen LogP contribution in [0.5, 0.6) is 0 Å². The molecule has 3 rings (SSSR count). The summed E-state index contributed by atoms with van der Waals surface area (Å²) in [6.07, 6.45) is 4.15. The fraction of sp³-hybridized carbons (Fsp3) is 0.421. The van der Waals surface area contributed by atoms with Crippen LogP contribution >= 0.6 is 0 Å². The van der Waals surface area contributed by atoms with Gasteiger partial charge in [0, 0.05) is 57.6 Å². The van der Waals surface area contributed by atoms with E-state index >= 15 is 0 Å². The molecule has 7 nitrogen and oxygen atoms in total. The average Bonchev–Trinajstić information content (AvgIpc) is 3.23. The first-order valence-electron chi connectivity index (χ1n) is 9.04. The molecule has 0 unspecified atom stereocenters. The van der Waals surface area contributed by atoms with Gasteiger partial charge in [0.1, 0.15) is 0 Å². The first-order chi connectivity index (χ1) is 12.8. The number of piperazine rings is 1. The third-order valence-electron chi connectivity index (χ3n) is 4.29. The van der Waals surface area contributed by atoms with Crippen molar-refractivity contribution in [3.8, 4) is 0 Å². The van der Waals surface area contributed by atoms with E-state index in [1.807, 2.05) is 23.1 Å². The Labute approximate surface area is 153 Å². The van der Waals surface area contributed by atoms with Crippen LogP contribution in [-0.2, 0) is 6.42 Å². The molecule has 26 heavy (non-hydrogen) atoms. The number of furan rings is 1. The van der Waals surface area contributed by atoms with Gasteiger partial charge in [0.25, 0.3) is 5.91 Å². The van der Waals surface area contributed by atoms with Crippen LogP contribution in [0, 0.1) is 0 Å². The summed E-state index contributed by atoms with van der Waals surface area (Å²) in [5.74, 6) is 1.25. The molecule has 1 fully saturated rings. The number of pyridine rings is 1. The van der Waals surface area contributed by atoms with E-state index in [2.05, 4.69) is 22.1 Å². The third-order valence-corrected chi connectivity index (χ3v) is 4.29. The van der Waals surface area contributed by atoms with E-state index in [-0.39, 0.29) is 5.91 Å². The van der Waals surface area contributed by atoms with Gasteiger partial charge >= 0.3 is 0 Å². The maximum Gasteiger partial charge on any atom is 0.289 e. The van der Waals surface area contributed by atoms with E-state index in [1.165, 1.54) is 6.26 Å². The van der Waals surface area contributed by atoms with Crippen molar-refractivity contribution in [1.82, 2.24) is 20.1 Å². The molecule has 1 N–H and O–H groups in total. The van der Waals surface area contributed by atoms with Gasteiger partial charge < -0.3 is 19.5 Å². The Morgan fingerprint density at radius 1 is 1.19 bits per heavy atom. The minimum Gasteiger partial charge on any atom is -0.459 e. The lowest BCUT2D eigenvalue weighted by atomic mass is 10.3. The highest BCUT2D eigenvalue weighted by Gasteiger charge is 2.25.